The molecule has 120 valence electrons. The number of rotatable bonds is 5. The molecule has 1 fully saturated rings. The summed E-state index contributed by atoms with van der Waals surface area (Å²) in [5.74, 6) is -0.0455. The largest absolute Gasteiger partial charge is 0.381 e. The number of para-hydroxylation sites is 1. The van der Waals surface area contributed by atoms with Gasteiger partial charge in [0.05, 0.1) is 13.0 Å². The van der Waals surface area contributed by atoms with Crippen molar-refractivity contribution in [3.05, 3.63) is 29.8 Å². The number of piperazine rings is 1. The van der Waals surface area contributed by atoms with Gasteiger partial charge in [-0.05, 0) is 32.4 Å². The first-order chi connectivity index (χ1) is 10.5. The molecule has 0 radical (unpaired) electrons. The van der Waals surface area contributed by atoms with Crippen LogP contribution >= 0.6 is 0 Å². The number of hydrogen-bond acceptors (Lipinski definition) is 3. The molecule has 2 rings (SSSR count). The van der Waals surface area contributed by atoms with Gasteiger partial charge in [0.25, 0.3) is 0 Å². The molecule has 0 aromatic heterocycles. The van der Waals surface area contributed by atoms with E-state index in [1.54, 1.807) is 9.80 Å². The van der Waals surface area contributed by atoms with E-state index < -0.39 is 0 Å². The molecular weight excluding hydrogens is 280 g/mol. The molecule has 0 bridgehead atoms. The van der Waals surface area contributed by atoms with Crippen LogP contribution in [0, 0.1) is 6.92 Å². The first-order valence-electron chi connectivity index (χ1n) is 7.77. The Labute approximate surface area is 131 Å². The first kappa shape index (κ1) is 16.5. The highest BCUT2D eigenvalue weighted by atomic mass is 16.5. The van der Waals surface area contributed by atoms with Crippen LogP contribution < -0.4 is 4.90 Å². The minimum atomic E-state index is -0.0304. The third-order valence-electron chi connectivity index (χ3n) is 3.98. The molecule has 2 amide bonds. The van der Waals surface area contributed by atoms with Crippen molar-refractivity contribution in [2.75, 3.05) is 31.2 Å². The van der Waals surface area contributed by atoms with Gasteiger partial charge >= 0.3 is 0 Å². The monoisotopic (exact) mass is 304 g/mol. The molecule has 5 heteroatoms. The summed E-state index contributed by atoms with van der Waals surface area (Å²) in [7, 11) is 0. The molecular formula is C17H24N2O3. The topological polar surface area (TPSA) is 49.9 Å². The van der Waals surface area contributed by atoms with Crippen molar-refractivity contribution in [3.8, 4) is 0 Å². The average Bonchev–Trinajstić information content (AvgIpc) is 2.50. The van der Waals surface area contributed by atoms with Gasteiger partial charge in [0.1, 0.15) is 6.54 Å². The quantitative estimate of drug-likeness (QED) is 0.782. The summed E-state index contributed by atoms with van der Waals surface area (Å²) in [5, 5.41) is 0. The molecule has 1 saturated heterocycles. The molecule has 1 aliphatic rings. The number of aryl methyl sites for hydroxylation is 1. The zero-order valence-corrected chi connectivity index (χ0v) is 13.5. The van der Waals surface area contributed by atoms with Crippen molar-refractivity contribution in [2.45, 2.75) is 33.2 Å². The van der Waals surface area contributed by atoms with Crippen molar-refractivity contribution in [1.29, 1.82) is 0 Å². The van der Waals surface area contributed by atoms with E-state index in [1.807, 2.05) is 45.0 Å². The number of anilines is 1. The van der Waals surface area contributed by atoms with Gasteiger partial charge in [-0.2, -0.15) is 0 Å². The number of carbonyl (C=O) groups is 2. The van der Waals surface area contributed by atoms with Crippen LogP contribution in [-0.4, -0.2) is 49.1 Å². The van der Waals surface area contributed by atoms with Gasteiger partial charge in [-0.1, -0.05) is 18.2 Å². The summed E-state index contributed by atoms with van der Waals surface area (Å²) in [5.41, 5.74) is 2.00. The van der Waals surface area contributed by atoms with Crippen molar-refractivity contribution >= 4 is 17.5 Å². The molecule has 1 aliphatic heterocycles. The number of carbonyl (C=O) groups excluding carboxylic acids is 2. The van der Waals surface area contributed by atoms with Crippen molar-refractivity contribution in [2.24, 2.45) is 0 Å². The van der Waals surface area contributed by atoms with E-state index in [0.717, 1.165) is 11.3 Å². The lowest BCUT2D eigenvalue weighted by molar-refractivity contribution is -0.140. The lowest BCUT2D eigenvalue weighted by atomic mass is 10.1. The summed E-state index contributed by atoms with van der Waals surface area (Å²) >= 11 is 0. The highest BCUT2D eigenvalue weighted by Gasteiger charge is 2.33. The van der Waals surface area contributed by atoms with E-state index >= 15 is 0 Å². The molecule has 1 aromatic carbocycles. The molecule has 1 atom stereocenters. The minimum absolute atomic E-state index is 0.00596. The van der Waals surface area contributed by atoms with E-state index in [9.17, 15) is 9.59 Å². The van der Waals surface area contributed by atoms with E-state index in [0.29, 0.717) is 26.2 Å². The fourth-order valence-electron chi connectivity index (χ4n) is 2.73. The van der Waals surface area contributed by atoms with Gasteiger partial charge in [-0.3, -0.25) is 9.59 Å². The van der Waals surface area contributed by atoms with Gasteiger partial charge < -0.3 is 14.5 Å². The summed E-state index contributed by atoms with van der Waals surface area (Å²) in [6.07, 6.45) is 0.329. The fraction of sp³-hybridized carbons (Fsp3) is 0.529. The summed E-state index contributed by atoms with van der Waals surface area (Å²) in [4.78, 5) is 28.1. The predicted molar refractivity (Wildman–Crippen MR) is 85.8 cm³/mol. The van der Waals surface area contributed by atoms with E-state index in [1.165, 1.54) is 0 Å². The fourth-order valence-corrected chi connectivity index (χ4v) is 2.73. The number of ether oxygens (including phenoxy) is 1. The van der Waals surface area contributed by atoms with Gasteiger partial charge in [-0.15, -0.1) is 0 Å². The van der Waals surface area contributed by atoms with Crippen LogP contribution in [0.15, 0.2) is 24.3 Å². The Morgan fingerprint density at radius 3 is 2.77 bits per heavy atom. The van der Waals surface area contributed by atoms with Crippen molar-refractivity contribution in [1.82, 2.24) is 4.90 Å². The zero-order valence-electron chi connectivity index (χ0n) is 13.5. The lowest BCUT2D eigenvalue weighted by Crippen LogP contribution is -2.57. The number of hydrogen-bond donors (Lipinski definition) is 0. The third-order valence-corrected chi connectivity index (χ3v) is 3.98. The van der Waals surface area contributed by atoms with Crippen LogP contribution in [0.4, 0.5) is 5.69 Å². The predicted octanol–water partition coefficient (Wildman–Crippen LogP) is 1.99. The third kappa shape index (κ3) is 3.65. The SMILES string of the molecule is CCOCCC(=O)N1CC(=O)N(c2ccccc2C)C[C@H]1C. The van der Waals surface area contributed by atoms with Gasteiger partial charge in [0.15, 0.2) is 0 Å². The van der Waals surface area contributed by atoms with E-state index in [2.05, 4.69) is 0 Å². The summed E-state index contributed by atoms with van der Waals surface area (Å²) < 4.78 is 5.22. The Kier molecular flexibility index (Phi) is 5.55. The highest BCUT2D eigenvalue weighted by Crippen LogP contribution is 2.23. The highest BCUT2D eigenvalue weighted by molar-refractivity contribution is 5.98. The normalized spacial score (nSPS) is 18.7. The summed E-state index contributed by atoms with van der Waals surface area (Å²) in [6, 6.07) is 7.84. The van der Waals surface area contributed by atoms with Crippen LogP contribution in [0.25, 0.3) is 0 Å². The maximum absolute atomic E-state index is 12.4. The Hall–Kier alpha value is -1.88. The van der Waals surface area contributed by atoms with Crippen LogP contribution in [0.1, 0.15) is 25.8 Å². The molecule has 0 spiro atoms. The molecule has 1 aromatic rings. The molecule has 22 heavy (non-hydrogen) atoms. The Bertz CT molecular complexity index is 544. The molecule has 0 aliphatic carbocycles. The minimum Gasteiger partial charge on any atom is -0.381 e. The zero-order chi connectivity index (χ0) is 16.1. The second-order valence-corrected chi connectivity index (χ2v) is 5.61. The Balaban J connectivity index is 2.04. The van der Waals surface area contributed by atoms with Crippen molar-refractivity contribution in [3.63, 3.8) is 0 Å². The maximum atomic E-state index is 12.4. The second kappa shape index (κ2) is 7.40. The van der Waals surface area contributed by atoms with Gasteiger partial charge in [0, 0.05) is 24.9 Å². The van der Waals surface area contributed by atoms with Crippen molar-refractivity contribution < 1.29 is 14.3 Å². The smallest absolute Gasteiger partial charge is 0.246 e. The molecule has 0 unspecified atom stereocenters. The maximum Gasteiger partial charge on any atom is 0.246 e. The van der Waals surface area contributed by atoms with Crippen LogP contribution in [0.2, 0.25) is 0 Å². The number of amides is 2. The van der Waals surface area contributed by atoms with Gasteiger partial charge in [-0.25, -0.2) is 0 Å². The number of nitrogens with zero attached hydrogens (tertiary/aromatic N) is 2. The molecule has 5 nitrogen and oxygen atoms in total. The Morgan fingerprint density at radius 1 is 1.36 bits per heavy atom. The first-order valence-corrected chi connectivity index (χ1v) is 7.77. The van der Waals surface area contributed by atoms with Gasteiger partial charge in [0.2, 0.25) is 11.8 Å². The molecule has 0 N–H and O–H groups in total. The molecule has 0 saturated carbocycles. The van der Waals surface area contributed by atoms with Crippen LogP contribution in [-0.2, 0) is 14.3 Å². The van der Waals surface area contributed by atoms with E-state index in [4.69, 9.17) is 4.74 Å². The second-order valence-electron chi connectivity index (χ2n) is 5.61. The standard InChI is InChI=1S/C17H24N2O3/c1-4-22-10-9-16(20)18-12-17(21)19(11-14(18)3)15-8-6-5-7-13(15)2/h5-8,14H,4,9-12H2,1-3H3/t14-/m1/s1. The number of benzene rings is 1. The molecule has 1 heterocycles. The van der Waals surface area contributed by atoms with E-state index in [-0.39, 0.29) is 24.4 Å². The lowest BCUT2D eigenvalue weighted by Gasteiger charge is -2.40. The summed E-state index contributed by atoms with van der Waals surface area (Å²) in [6.45, 7) is 7.56. The van der Waals surface area contributed by atoms with Crippen LogP contribution in [0.5, 0.6) is 0 Å². The van der Waals surface area contributed by atoms with Crippen LogP contribution in [0.3, 0.4) is 0 Å². The Morgan fingerprint density at radius 2 is 2.09 bits per heavy atom. The average molecular weight is 304 g/mol.